The van der Waals surface area contributed by atoms with Gasteiger partial charge in [0.1, 0.15) is 35.6 Å². The van der Waals surface area contributed by atoms with Crippen molar-refractivity contribution in [2.75, 3.05) is 55.9 Å². The fourth-order valence-electron chi connectivity index (χ4n) is 7.39. The van der Waals surface area contributed by atoms with Crippen LogP contribution < -0.4 is 37.9 Å². The predicted molar refractivity (Wildman–Crippen MR) is 241 cm³/mol. The minimum absolute atomic E-state index is 0.0229. The van der Waals surface area contributed by atoms with Crippen molar-refractivity contribution >= 4 is 19.0 Å². The number of methoxy groups -OCH3 is 7. The molecule has 1 aliphatic rings. The molecule has 6 atom stereocenters. The van der Waals surface area contributed by atoms with Crippen LogP contribution in [0.3, 0.4) is 0 Å². The molecular weight excluding hydrogens is 886 g/mol. The van der Waals surface area contributed by atoms with Crippen LogP contribution in [0.2, 0.25) is 5.02 Å². The molecule has 1 saturated heterocycles. The van der Waals surface area contributed by atoms with Gasteiger partial charge in [-0.05, 0) is 95.9 Å². The summed E-state index contributed by atoms with van der Waals surface area (Å²) in [5, 5.41) is 0.0513. The van der Waals surface area contributed by atoms with Crippen LogP contribution in [-0.4, -0.2) is 91.5 Å². The maximum Gasteiger partial charge on any atom is 0.229 e. The van der Waals surface area contributed by atoms with E-state index in [0.29, 0.717) is 46.0 Å². The zero-order valence-corrected chi connectivity index (χ0v) is 39.0. The molecule has 17 heteroatoms. The van der Waals surface area contributed by atoms with E-state index in [1.807, 2.05) is 18.2 Å². The van der Waals surface area contributed by atoms with Crippen molar-refractivity contribution in [3.05, 3.63) is 130 Å². The Morgan fingerprint density at radius 2 is 1.05 bits per heavy atom. The van der Waals surface area contributed by atoms with Gasteiger partial charge in [-0.15, -0.1) is 0 Å². The van der Waals surface area contributed by atoms with Crippen LogP contribution in [0, 0.1) is 5.82 Å². The van der Waals surface area contributed by atoms with E-state index in [0.717, 1.165) is 16.7 Å². The van der Waals surface area contributed by atoms with E-state index < -0.39 is 50.1 Å². The Balaban J connectivity index is 1.42. The molecule has 5 aromatic carbocycles. The number of ether oxygens (including phenoxy) is 12. The van der Waals surface area contributed by atoms with E-state index in [-0.39, 0.29) is 43.0 Å². The van der Waals surface area contributed by atoms with Crippen molar-refractivity contribution in [3.63, 3.8) is 0 Å². The summed E-state index contributed by atoms with van der Waals surface area (Å²) >= 11 is 6.31. The highest BCUT2D eigenvalue weighted by Gasteiger charge is 2.50. The summed E-state index contributed by atoms with van der Waals surface area (Å²) in [4.78, 5) is 11.4. The van der Waals surface area contributed by atoms with E-state index in [4.69, 9.17) is 68.4 Å². The maximum absolute atomic E-state index is 14.9. The molecule has 1 N–H and O–H groups in total. The first-order valence-corrected chi connectivity index (χ1v) is 23.0. The topological polar surface area (TPSA) is 148 Å². The monoisotopic (exact) mass is 940 g/mol. The van der Waals surface area contributed by atoms with E-state index in [1.165, 1.54) is 25.3 Å². The van der Waals surface area contributed by atoms with Gasteiger partial charge in [-0.25, -0.2) is 4.39 Å². The summed E-state index contributed by atoms with van der Waals surface area (Å²) in [7, 11) is 6.74. The Hall–Kier alpha value is -5.25. The normalized spacial score (nSPS) is 19.1. The van der Waals surface area contributed by atoms with Gasteiger partial charge in [0.2, 0.25) is 13.7 Å². The first kappa shape index (κ1) is 49.2. The highest BCUT2D eigenvalue weighted by molar-refractivity contribution is 7.57. The summed E-state index contributed by atoms with van der Waals surface area (Å²) in [5.41, 5.74) is 2.15. The van der Waals surface area contributed by atoms with E-state index in [9.17, 15) is 13.8 Å². The molecule has 0 bridgehead atoms. The Labute approximate surface area is 383 Å². The van der Waals surface area contributed by atoms with Crippen molar-refractivity contribution in [2.45, 2.75) is 63.1 Å². The number of halogens is 2. The van der Waals surface area contributed by atoms with Gasteiger partial charge in [-0.3, -0.25) is 4.57 Å². The van der Waals surface area contributed by atoms with Gasteiger partial charge in [0.05, 0.1) is 81.9 Å². The Morgan fingerprint density at radius 3 is 1.51 bits per heavy atom. The average Bonchev–Trinajstić information content (AvgIpc) is 3.32. The molecule has 0 saturated carbocycles. The number of rotatable bonds is 23. The summed E-state index contributed by atoms with van der Waals surface area (Å²) < 4.78 is 101. The number of hydrogen-bond acceptors (Lipinski definition) is 13. The van der Waals surface area contributed by atoms with Crippen molar-refractivity contribution < 1.29 is 70.7 Å². The molecule has 0 aromatic heterocycles. The van der Waals surface area contributed by atoms with Crippen molar-refractivity contribution in [3.8, 4) is 46.0 Å². The van der Waals surface area contributed by atoms with E-state index in [2.05, 4.69) is 0 Å². The number of hydrogen-bond donors (Lipinski definition) is 1. The fraction of sp³-hybridized carbons (Fsp3) is 0.375. The molecule has 6 rings (SSSR count). The van der Waals surface area contributed by atoms with Gasteiger partial charge >= 0.3 is 0 Å². The lowest BCUT2D eigenvalue weighted by Crippen LogP contribution is -2.61. The van der Waals surface area contributed by atoms with Crippen molar-refractivity contribution in [1.29, 1.82) is 0 Å². The molecule has 1 heterocycles. The first-order chi connectivity index (χ1) is 31.4. The molecule has 350 valence electrons. The van der Waals surface area contributed by atoms with Gasteiger partial charge < -0.3 is 61.7 Å². The molecular formula is C48H55ClFO14P. The first-order valence-electron chi connectivity index (χ1n) is 20.6. The third-order valence-electron chi connectivity index (χ3n) is 10.8. The zero-order valence-electron chi connectivity index (χ0n) is 37.3. The van der Waals surface area contributed by atoms with Crippen molar-refractivity contribution in [2.24, 2.45) is 0 Å². The Morgan fingerprint density at radius 1 is 0.585 bits per heavy atom. The van der Waals surface area contributed by atoms with Gasteiger partial charge in [-0.2, -0.15) is 0 Å². The van der Waals surface area contributed by atoms with E-state index >= 15 is 0 Å². The summed E-state index contributed by atoms with van der Waals surface area (Å²) in [6, 6.07) is 27.3. The van der Waals surface area contributed by atoms with Crippen LogP contribution in [0.1, 0.15) is 28.7 Å². The average molecular weight is 941 g/mol. The molecule has 65 heavy (non-hydrogen) atoms. The number of benzene rings is 5. The summed E-state index contributed by atoms with van der Waals surface area (Å²) in [6.07, 6.45) is -5.91. The lowest BCUT2D eigenvalue weighted by molar-refractivity contribution is -0.304. The molecule has 0 radical (unpaired) electrons. The van der Waals surface area contributed by atoms with Crippen LogP contribution in [0.4, 0.5) is 4.39 Å². The largest absolute Gasteiger partial charge is 0.497 e. The minimum Gasteiger partial charge on any atom is -0.497 e. The molecule has 1 aliphatic heterocycles. The Bertz CT molecular complexity index is 2350. The smallest absolute Gasteiger partial charge is 0.229 e. The minimum atomic E-state index is -4.10. The fourth-order valence-corrected chi connectivity index (χ4v) is 9.34. The molecule has 0 aliphatic carbocycles. The maximum atomic E-state index is 14.9. The van der Waals surface area contributed by atoms with Crippen LogP contribution in [-0.2, 0) is 49.5 Å². The molecule has 14 nitrogen and oxygen atoms in total. The molecule has 0 amide bonds. The van der Waals surface area contributed by atoms with Crippen LogP contribution in [0.15, 0.2) is 97.1 Å². The SMILES string of the molecule is COc1ccc(OC2O[C@H](CCP(=O)(O)Cc3c(F)cccc3Cl)[C@@H](OCc3ccc(OC)c(OC)c3)[C@H](OCc3ccc(OC)c(OC)c3)[C@@H]2OCc2ccc(OC)c(OC)c2)cc1. The predicted octanol–water partition coefficient (Wildman–Crippen LogP) is 9.26. The summed E-state index contributed by atoms with van der Waals surface area (Å²) in [6.45, 7) is 0.0915. The quantitative estimate of drug-likeness (QED) is 0.0621. The lowest BCUT2D eigenvalue weighted by atomic mass is 9.96. The van der Waals surface area contributed by atoms with Crippen LogP contribution in [0.5, 0.6) is 46.0 Å². The second-order valence-electron chi connectivity index (χ2n) is 14.9. The van der Waals surface area contributed by atoms with Crippen LogP contribution in [0.25, 0.3) is 0 Å². The van der Waals surface area contributed by atoms with Gasteiger partial charge in [0.25, 0.3) is 0 Å². The lowest BCUT2D eigenvalue weighted by Gasteiger charge is -2.46. The highest BCUT2D eigenvalue weighted by atomic mass is 35.5. The second kappa shape index (κ2) is 23.3. The zero-order chi connectivity index (χ0) is 46.5. The highest BCUT2D eigenvalue weighted by Crippen LogP contribution is 2.48. The molecule has 2 unspecified atom stereocenters. The third kappa shape index (κ3) is 12.8. The molecule has 5 aromatic rings. The van der Waals surface area contributed by atoms with Gasteiger partial charge in [0, 0.05) is 16.7 Å². The summed E-state index contributed by atoms with van der Waals surface area (Å²) in [5.74, 6) is 3.44. The standard InChI is InChI=1S/C48H55ClFO14P/c1-53-33-14-16-34(17-15-33)63-48-47(62-28-32-13-20-40(56-4)44(25-32)59-7)46(61-27-31-12-19-39(55-3)43(24-31)58-6)45(60-26-30-11-18-38(54-2)42(23-30)57-5)41(64-48)21-22-65(51,52)29-35-36(49)9-8-10-37(35)50/h8-20,23-25,41,45-48H,21-22,26-29H2,1-7H3,(H,51,52)/t41-,45-,46+,47+,48?/m1/s1. The van der Waals surface area contributed by atoms with Crippen LogP contribution >= 0.6 is 19.0 Å². The van der Waals surface area contributed by atoms with Crippen molar-refractivity contribution in [1.82, 2.24) is 0 Å². The Kier molecular flexibility index (Phi) is 17.6. The van der Waals surface area contributed by atoms with Gasteiger partial charge in [-0.1, -0.05) is 35.9 Å². The molecule has 1 fully saturated rings. The van der Waals surface area contributed by atoms with Gasteiger partial charge in [0.15, 0.2) is 34.5 Å². The van der Waals surface area contributed by atoms with E-state index in [1.54, 1.807) is 103 Å². The second-order valence-corrected chi connectivity index (χ2v) is 17.8. The molecule has 0 spiro atoms. The third-order valence-corrected chi connectivity index (χ3v) is 12.9.